The van der Waals surface area contributed by atoms with Gasteiger partial charge in [0.1, 0.15) is 21.5 Å². The summed E-state index contributed by atoms with van der Waals surface area (Å²) >= 11 is 1.36. The lowest BCUT2D eigenvalue weighted by atomic mass is 10.2. The van der Waals surface area contributed by atoms with Crippen molar-refractivity contribution in [3.63, 3.8) is 0 Å². The number of carbonyl (C=O) groups is 1. The van der Waals surface area contributed by atoms with E-state index in [-0.39, 0.29) is 11.6 Å². The fraction of sp³-hybridized carbons (Fsp3) is 0.333. The van der Waals surface area contributed by atoms with Gasteiger partial charge in [-0.1, -0.05) is 23.5 Å². The lowest BCUT2D eigenvalue weighted by molar-refractivity contribution is 0.101. The van der Waals surface area contributed by atoms with E-state index in [2.05, 4.69) is 9.88 Å². The van der Waals surface area contributed by atoms with Gasteiger partial charge in [0.05, 0.1) is 13.2 Å². The average Bonchev–Trinajstić information content (AvgIpc) is 2.94. The predicted octanol–water partition coefficient (Wildman–Crippen LogP) is 2.99. The fourth-order valence-corrected chi connectivity index (χ4v) is 3.47. The van der Waals surface area contributed by atoms with Gasteiger partial charge < -0.3 is 9.64 Å². The van der Waals surface area contributed by atoms with Crippen molar-refractivity contribution in [3.8, 4) is 10.6 Å². The maximum atomic E-state index is 13.9. The predicted molar refractivity (Wildman–Crippen MR) is 80.5 cm³/mol. The van der Waals surface area contributed by atoms with Crippen LogP contribution >= 0.6 is 11.3 Å². The molecule has 0 bridgehead atoms. The molecule has 2 aromatic rings. The summed E-state index contributed by atoms with van der Waals surface area (Å²) in [6, 6.07) is 6.49. The van der Waals surface area contributed by atoms with Crippen LogP contribution < -0.4 is 4.90 Å². The Morgan fingerprint density at radius 2 is 2.05 bits per heavy atom. The van der Waals surface area contributed by atoms with Crippen LogP contribution in [0.3, 0.4) is 0 Å². The fourth-order valence-electron chi connectivity index (χ4n) is 2.27. The van der Waals surface area contributed by atoms with E-state index in [1.54, 1.807) is 18.2 Å². The van der Waals surface area contributed by atoms with Crippen molar-refractivity contribution in [1.82, 2.24) is 4.98 Å². The Morgan fingerprint density at radius 1 is 1.33 bits per heavy atom. The zero-order valence-corrected chi connectivity index (χ0v) is 12.5. The Balaban J connectivity index is 2.04. The zero-order valence-electron chi connectivity index (χ0n) is 11.6. The molecule has 0 N–H and O–H groups in total. The molecule has 1 aliphatic rings. The van der Waals surface area contributed by atoms with E-state index in [1.807, 2.05) is 0 Å². The summed E-state index contributed by atoms with van der Waals surface area (Å²) in [7, 11) is 0. The topological polar surface area (TPSA) is 42.4 Å². The van der Waals surface area contributed by atoms with Crippen LogP contribution in [0.5, 0.6) is 0 Å². The summed E-state index contributed by atoms with van der Waals surface area (Å²) in [5.74, 6) is -0.426. The molecule has 21 heavy (non-hydrogen) atoms. The number of ketones is 1. The normalized spacial score (nSPS) is 15.2. The Bertz CT molecular complexity index is 665. The molecule has 110 valence electrons. The van der Waals surface area contributed by atoms with Gasteiger partial charge in [-0.3, -0.25) is 4.79 Å². The number of aromatic nitrogens is 1. The van der Waals surface area contributed by atoms with Crippen LogP contribution in [0.2, 0.25) is 0 Å². The van der Waals surface area contributed by atoms with Crippen LogP contribution in [0.1, 0.15) is 17.4 Å². The van der Waals surface area contributed by atoms with Crippen molar-refractivity contribution in [2.75, 3.05) is 31.2 Å². The number of hydrogen-bond acceptors (Lipinski definition) is 5. The molecule has 0 aliphatic carbocycles. The molecule has 3 rings (SSSR count). The summed E-state index contributed by atoms with van der Waals surface area (Å²) in [5.41, 5.74) is 0.852. The van der Waals surface area contributed by atoms with Gasteiger partial charge in [0, 0.05) is 25.6 Å². The Kier molecular flexibility index (Phi) is 3.98. The number of nitrogens with zero attached hydrogens (tertiary/aromatic N) is 2. The Morgan fingerprint density at radius 3 is 2.71 bits per heavy atom. The van der Waals surface area contributed by atoms with Gasteiger partial charge in [0.2, 0.25) is 0 Å². The highest BCUT2D eigenvalue weighted by molar-refractivity contribution is 7.19. The highest BCUT2D eigenvalue weighted by atomic mass is 32.1. The van der Waals surface area contributed by atoms with Crippen molar-refractivity contribution in [1.29, 1.82) is 0 Å². The molecule has 1 aromatic carbocycles. The number of thiazole rings is 1. The number of hydrogen-bond donors (Lipinski definition) is 0. The molecule has 6 heteroatoms. The summed E-state index contributed by atoms with van der Waals surface area (Å²) in [6.07, 6.45) is 0. The third-order valence-electron chi connectivity index (χ3n) is 3.35. The van der Waals surface area contributed by atoms with E-state index in [1.165, 1.54) is 24.3 Å². The van der Waals surface area contributed by atoms with Crippen LogP contribution in [-0.2, 0) is 4.74 Å². The molecule has 0 amide bonds. The van der Waals surface area contributed by atoms with E-state index >= 15 is 0 Å². The van der Waals surface area contributed by atoms with E-state index in [9.17, 15) is 9.18 Å². The van der Waals surface area contributed by atoms with Gasteiger partial charge in [-0.2, -0.15) is 0 Å². The Hall–Kier alpha value is -1.79. The summed E-state index contributed by atoms with van der Waals surface area (Å²) in [6.45, 7) is 4.19. The molecule has 1 aliphatic heterocycles. The molecular weight excluding hydrogens is 291 g/mol. The lowest BCUT2D eigenvalue weighted by Gasteiger charge is -2.27. The van der Waals surface area contributed by atoms with Gasteiger partial charge in [-0.05, 0) is 12.1 Å². The zero-order chi connectivity index (χ0) is 14.8. The smallest absolute Gasteiger partial charge is 0.181 e. The van der Waals surface area contributed by atoms with Crippen molar-refractivity contribution >= 4 is 22.1 Å². The van der Waals surface area contributed by atoms with Crippen molar-refractivity contribution < 1.29 is 13.9 Å². The summed E-state index contributed by atoms with van der Waals surface area (Å²) in [5, 5.41) is 1.35. The molecule has 4 nitrogen and oxygen atoms in total. The second kappa shape index (κ2) is 5.91. The first kappa shape index (κ1) is 14.2. The van der Waals surface area contributed by atoms with Gasteiger partial charge in [-0.15, -0.1) is 0 Å². The standard InChI is InChI=1S/C15H15FN2O2S/c1-10(19)13-15(18-6-8-20-9-7-18)21-14(17-13)11-4-2-3-5-12(11)16/h2-5H,6-9H2,1H3. The number of ether oxygens (including phenoxy) is 1. The highest BCUT2D eigenvalue weighted by Gasteiger charge is 2.23. The highest BCUT2D eigenvalue weighted by Crippen LogP contribution is 2.36. The molecule has 1 fully saturated rings. The third-order valence-corrected chi connectivity index (χ3v) is 4.49. The lowest BCUT2D eigenvalue weighted by Crippen LogP contribution is -2.36. The van der Waals surface area contributed by atoms with E-state index in [4.69, 9.17) is 4.74 Å². The number of halogens is 1. The van der Waals surface area contributed by atoms with Crippen LogP contribution in [0.25, 0.3) is 10.6 Å². The first-order chi connectivity index (χ1) is 10.2. The number of morpholine rings is 1. The molecule has 1 aromatic heterocycles. The largest absolute Gasteiger partial charge is 0.378 e. The van der Waals surface area contributed by atoms with Crippen LogP contribution in [0, 0.1) is 5.82 Å². The number of carbonyl (C=O) groups excluding carboxylic acids is 1. The molecule has 0 saturated carbocycles. The first-order valence-electron chi connectivity index (χ1n) is 6.76. The van der Waals surface area contributed by atoms with Crippen molar-refractivity contribution in [3.05, 3.63) is 35.8 Å². The molecule has 0 atom stereocenters. The molecule has 1 saturated heterocycles. The van der Waals surface area contributed by atoms with E-state index in [0.29, 0.717) is 29.5 Å². The minimum atomic E-state index is -0.324. The summed E-state index contributed by atoms with van der Waals surface area (Å²) in [4.78, 5) is 18.3. The van der Waals surface area contributed by atoms with Crippen LogP contribution in [-0.4, -0.2) is 37.1 Å². The third kappa shape index (κ3) is 2.82. The number of Topliss-reactive ketones (excluding diaryl/α,β-unsaturated/α-hetero) is 1. The number of rotatable bonds is 3. The van der Waals surface area contributed by atoms with E-state index in [0.717, 1.165) is 18.1 Å². The van der Waals surface area contributed by atoms with Crippen LogP contribution in [0.15, 0.2) is 24.3 Å². The van der Waals surface area contributed by atoms with Gasteiger partial charge in [-0.25, -0.2) is 9.37 Å². The minimum absolute atomic E-state index is 0.102. The molecule has 0 radical (unpaired) electrons. The van der Waals surface area contributed by atoms with Gasteiger partial charge >= 0.3 is 0 Å². The monoisotopic (exact) mass is 306 g/mol. The second-order valence-corrected chi connectivity index (χ2v) is 5.79. The van der Waals surface area contributed by atoms with Crippen molar-refractivity contribution in [2.24, 2.45) is 0 Å². The SMILES string of the molecule is CC(=O)c1nc(-c2ccccc2F)sc1N1CCOCC1. The van der Waals surface area contributed by atoms with Gasteiger partial charge in [0.15, 0.2) is 5.78 Å². The maximum Gasteiger partial charge on any atom is 0.181 e. The minimum Gasteiger partial charge on any atom is -0.378 e. The quantitative estimate of drug-likeness (QED) is 0.818. The molecular formula is C15H15FN2O2S. The molecule has 0 unspecified atom stereocenters. The average molecular weight is 306 g/mol. The number of benzene rings is 1. The van der Waals surface area contributed by atoms with Crippen molar-refractivity contribution in [2.45, 2.75) is 6.92 Å². The molecule has 0 spiro atoms. The van der Waals surface area contributed by atoms with Gasteiger partial charge in [0.25, 0.3) is 0 Å². The Labute approximate surface area is 126 Å². The van der Waals surface area contributed by atoms with Crippen LogP contribution in [0.4, 0.5) is 9.39 Å². The summed E-state index contributed by atoms with van der Waals surface area (Å²) < 4.78 is 19.2. The molecule has 2 heterocycles. The first-order valence-corrected chi connectivity index (χ1v) is 7.58. The number of anilines is 1. The second-order valence-electron chi connectivity index (χ2n) is 4.81. The maximum absolute atomic E-state index is 13.9. The van der Waals surface area contributed by atoms with E-state index < -0.39 is 0 Å².